The number of anilines is 1. The van der Waals surface area contributed by atoms with Crippen molar-refractivity contribution in [3.63, 3.8) is 0 Å². The summed E-state index contributed by atoms with van der Waals surface area (Å²) in [6.45, 7) is 2.20. The highest BCUT2D eigenvalue weighted by Crippen LogP contribution is 2.07. The molecule has 1 aromatic carbocycles. The van der Waals surface area contributed by atoms with E-state index in [4.69, 9.17) is 5.73 Å². The molecule has 0 fully saturated rings. The van der Waals surface area contributed by atoms with Gasteiger partial charge in [-0.25, -0.2) is 0 Å². The van der Waals surface area contributed by atoms with Crippen molar-refractivity contribution in [3.05, 3.63) is 29.8 Å². The third-order valence-corrected chi connectivity index (χ3v) is 1.52. The van der Waals surface area contributed by atoms with Crippen LogP contribution in [0.25, 0.3) is 0 Å². The van der Waals surface area contributed by atoms with Gasteiger partial charge in [0.1, 0.15) is 0 Å². The van der Waals surface area contributed by atoms with Crippen LogP contribution in [0.3, 0.4) is 0 Å². The normalized spacial score (nSPS) is 8.21. The lowest BCUT2D eigenvalue weighted by molar-refractivity contribution is -0.116. The second-order valence-corrected chi connectivity index (χ2v) is 2.69. The first kappa shape index (κ1) is 12.0. The van der Waals surface area contributed by atoms with Gasteiger partial charge in [0, 0.05) is 5.69 Å². The Kier molecular flexibility index (Phi) is 5.64. The first-order valence-corrected chi connectivity index (χ1v) is 4.10. The van der Waals surface area contributed by atoms with E-state index in [0.717, 1.165) is 5.69 Å². The van der Waals surface area contributed by atoms with Crippen molar-refractivity contribution >= 4 is 11.6 Å². The monoisotopic (exact) mass is 190 g/mol. The molecule has 0 aliphatic carbocycles. The van der Waals surface area contributed by atoms with E-state index in [1.165, 1.54) is 5.56 Å². The lowest BCUT2D eigenvalue weighted by Crippen LogP contribution is -2.21. The fourth-order valence-electron chi connectivity index (χ4n) is 0.861. The minimum absolute atomic E-state index is 0.184. The second-order valence-electron chi connectivity index (χ2n) is 2.69. The summed E-state index contributed by atoms with van der Waals surface area (Å²) in [6, 6.07) is 7.78. The van der Waals surface area contributed by atoms with Gasteiger partial charge in [0.15, 0.2) is 0 Å². The molecule has 0 bridgehead atoms. The molecule has 1 rings (SSSR count). The summed E-state index contributed by atoms with van der Waals surface area (Å²) < 4.78 is 0. The molecule has 0 saturated heterocycles. The van der Waals surface area contributed by atoms with E-state index >= 15 is 0 Å². The number of carbonyl (C=O) groups excluding carboxylic acids is 1. The van der Waals surface area contributed by atoms with Crippen molar-refractivity contribution in [1.82, 2.24) is 0 Å². The van der Waals surface area contributed by atoms with Gasteiger partial charge < -0.3 is 11.1 Å². The second kappa shape index (κ2) is 6.55. The largest absolute Gasteiger partial charge is 0.376 e. The first-order chi connectivity index (χ1) is 6.68. The summed E-state index contributed by atoms with van der Waals surface area (Å²) >= 11 is 0. The molecule has 0 heterocycles. The number of primary amides is 1. The fraction of sp³-hybridized carbons (Fsp3) is 0.182. The van der Waals surface area contributed by atoms with Crippen LogP contribution in [0.15, 0.2) is 24.3 Å². The molecular formula is C11H14N2O. The number of terminal acetylenes is 1. The highest BCUT2D eigenvalue weighted by Gasteiger charge is 1.93. The van der Waals surface area contributed by atoms with E-state index in [1.54, 1.807) is 0 Å². The molecular weight excluding hydrogens is 176 g/mol. The molecule has 3 heteroatoms. The first-order valence-electron chi connectivity index (χ1n) is 4.10. The van der Waals surface area contributed by atoms with Gasteiger partial charge in [-0.05, 0) is 19.1 Å². The van der Waals surface area contributed by atoms with Gasteiger partial charge in [0.2, 0.25) is 5.91 Å². The molecule has 3 nitrogen and oxygen atoms in total. The quantitative estimate of drug-likeness (QED) is 0.702. The van der Waals surface area contributed by atoms with Crippen LogP contribution in [-0.2, 0) is 4.79 Å². The standard InChI is InChI=1S/C9H12N2O.C2H2/c1-7-2-4-8(5-3-7)11-6-9(10)12;1-2/h2-5,11H,6H2,1H3,(H2,10,12);1-2H. The van der Waals surface area contributed by atoms with Crippen molar-refractivity contribution in [3.8, 4) is 12.8 Å². The minimum Gasteiger partial charge on any atom is -0.376 e. The number of hydrogen-bond acceptors (Lipinski definition) is 2. The Morgan fingerprint density at radius 3 is 2.29 bits per heavy atom. The summed E-state index contributed by atoms with van der Waals surface area (Å²) in [6.07, 6.45) is 8.00. The predicted molar refractivity (Wildman–Crippen MR) is 58.8 cm³/mol. The highest BCUT2D eigenvalue weighted by atomic mass is 16.1. The number of aryl methyl sites for hydroxylation is 1. The molecule has 0 atom stereocenters. The Morgan fingerprint density at radius 2 is 1.86 bits per heavy atom. The topological polar surface area (TPSA) is 55.1 Å². The van der Waals surface area contributed by atoms with Crippen molar-refractivity contribution < 1.29 is 4.79 Å². The van der Waals surface area contributed by atoms with E-state index in [0.29, 0.717) is 0 Å². The van der Waals surface area contributed by atoms with Gasteiger partial charge >= 0.3 is 0 Å². The van der Waals surface area contributed by atoms with E-state index in [2.05, 4.69) is 18.2 Å². The Bertz CT molecular complexity index is 301. The van der Waals surface area contributed by atoms with Crippen molar-refractivity contribution in [2.24, 2.45) is 5.73 Å². The molecule has 0 aliphatic heterocycles. The molecule has 0 saturated carbocycles. The Balaban J connectivity index is 0.000000791. The van der Waals surface area contributed by atoms with Gasteiger partial charge in [-0.3, -0.25) is 4.79 Å². The smallest absolute Gasteiger partial charge is 0.236 e. The maximum Gasteiger partial charge on any atom is 0.236 e. The molecule has 0 spiro atoms. The lowest BCUT2D eigenvalue weighted by Gasteiger charge is -2.02. The number of amides is 1. The summed E-state index contributed by atoms with van der Waals surface area (Å²) in [7, 11) is 0. The van der Waals surface area contributed by atoms with Crippen LogP contribution in [0.5, 0.6) is 0 Å². The molecule has 0 aliphatic rings. The van der Waals surface area contributed by atoms with E-state index in [1.807, 2.05) is 31.2 Å². The van der Waals surface area contributed by atoms with Crippen LogP contribution in [0, 0.1) is 19.8 Å². The van der Waals surface area contributed by atoms with Crippen LogP contribution >= 0.6 is 0 Å². The van der Waals surface area contributed by atoms with Gasteiger partial charge in [-0.15, -0.1) is 12.8 Å². The number of rotatable bonds is 3. The van der Waals surface area contributed by atoms with E-state index < -0.39 is 0 Å². The average Bonchev–Trinajstić information content (AvgIpc) is 2.20. The maximum absolute atomic E-state index is 10.4. The summed E-state index contributed by atoms with van der Waals surface area (Å²) in [5.74, 6) is -0.351. The Labute approximate surface area is 84.3 Å². The number of hydrogen-bond donors (Lipinski definition) is 2. The molecule has 0 radical (unpaired) electrons. The Morgan fingerprint density at radius 1 is 1.36 bits per heavy atom. The Hall–Kier alpha value is -1.95. The summed E-state index contributed by atoms with van der Waals surface area (Å²) in [4.78, 5) is 10.4. The number of nitrogens with two attached hydrogens (primary N) is 1. The molecule has 3 N–H and O–H groups in total. The third-order valence-electron chi connectivity index (χ3n) is 1.52. The summed E-state index contributed by atoms with van der Waals surface area (Å²) in [5, 5.41) is 2.90. The average molecular weight is 190 g/mol. The fourth-order valence-corrected chi connectivity index (χ4v) is 0.861. The predicted octanol–water partition coefficient (Wildman–Crippen LogP) is 1.14. The van der Waals surface area contributed by atoms with Crippen LogP contribution in [0.1, 0.15) is 5.56 Å². The SMILES string of the molecule is C#C.Cc1ccc(NCC(N)=O)cc1. The lowest BCUT2D eigenvalue weighted by atomic mass is 10.2. The van der Waals surface area contributed by atoms with E-state index in [-0.39, 0.29) is 12.5 Å². The zero-order valence-electron chi connectivity index (χ0n) is 8.16. The molecule has 14 heavy (non-hydrogen) atoms. The third kappa shape index (κ3) is 4.83. The van der Waals surface area contributed by atoms with Crippen molar-refractivity contribution in [2.75, 3.05) is 11.9 Å². The minimum atomic E-state index is -0.351. The number of nitrogens with one attached hydrogen (secondary N) is 1. The maximum atomic E-state index is 10.4. The van der Waals surface area contributed by atoms with Gasteiger partial charge in [0.25, 0.3) is 0 Å². The van der Waals surface area contributed by atoms with Gasteiger partial charge in [0.05, 0.1) is 6.54 Å². The number of carbonyl (C=O) groups is 1. The van der Waals surface area contributed by atoms with Crippen molar-refractivity contribution in [1.29, 1.82) is 0 Å². The van der Waals surface area contributed by atoms with Gasteiger partial charge in [-0.1, -0.05) is 17.7 Å². The molecule has 1 amide bonds. The zero-order valence-corrected chi connectivity index (χ0v) is 8.16. The van der Waals surface area contributed by atoms with Crippen molar-refractivity contribution in [2.45, 2.75) is 6.92 Å². The number of benzene rings is 1. The van der Waals surface area contributed by atoms with Crippen LogP contribution < -0.4 is 11.1 Å². The van der Waals surface area contributed by atoms with Crippen LogP contribution in [0.4, 0.5) is 5.69 Å². The van der Waals surface area contributed by atoms with E-state index in [9.17, 15) is 4.79 Å². The molecule has 0 unspecified atom stereocenters. The van der Waals surface area contributed by atoms with Crippen LogP contribution in [-0.4, -0.2) is 12.5 Å². The van der Waals surface area contributed by atoms with Crippen LogP contribution in [0.2, 0.25) is 0 Å². The zero-order chi connectivity index (χ0) is 11.0. The highest BCUT2D eigenvalue weighted by molar-refractivity contribution is 5.78. The van der Waals surface area contributed by atoms with Gasteiger partial charge in [-0.2, -0.15) is 0 Å². The molecule has 0 aromatic heterocycles. The molecule has 1 aromatic rings. The summed E-state index contributed by atoms with van der Waals surface area (Å²) in [5.41, 5.74) is 7.08. The molecule has 74 valence electrons.